The van der Waals surface area contributed by atoms with Crippen molar-refractivity contribution in [1.29, 1.82) is 0 Å². The Morgan fingerprint density at radius 2 is 1.59 bits per heavy atom. The van der Waals surface area contributed by atoms with Crippen LogP contribution in [0.15, 0.2) is 36.4 Å². The zero-order valence-corrected chi connectivity index (χ0v) is 30.3. The lowest BCUT2D eigenvalue weighted by molar-refractivity contribution is -0.155. The van der Waals surface area contributed by atoms with Crippen LogP contribution in [0.5, 0.6) is 0 Å². The normalized spacial score (nSPS) is 20.3. The van der Waals surface area contributed by atoms with Gasteiger partial charge in [-0.1, -0.05) is 43.7 Å². The van der Waals surface area contributed by atoms with E-state index < -0.39 is 29.6 Å². The number of amides is 3. The molecule has 2 aromatic rings. The Labute approximate surface area is 299 Å². The highest BCUT2D eigenvalue weighted by Gasteiger charge is 2.60. The number of carbonyl (C=O) groups excluding carboxylic acids is 5. The van der Waals surface area contributed by atoms with Gasteiger partial charge in [-0.3, -0.25) is 19.2 Å². The van der Waals surface area contributed by atoms with Crippen molar-refractivity contribution in [2.24, 2.45) is 17.8 Å². The van der Waals surface area contributed by atoms with Gasteiger partial charge >= 0.3 is 18.0 Å². The third-order valence-corrected chi connectivity index (χ3v) is 9.29. The summed E-state index contributed by atoms with van der Waals surface area (Å²) >= 11 is 0. The van der Waals surface area contributed by atoms with Crippen molar-refractivity contribution < 1.29 is 38.2 Å². The van der Waals surface area contributed by atoms with Gasteiger partial charge in [0.15, 0.2) is 5.82 Å². The van der Waals surface area contributed by atoms with Crippen LogP contribution in [-0.4, -0.2) is 114 Å². The number of aromatic nitrogens is 2. The minimum Gasteiger partial charge on any atom is -0.466 e. The second-order valence-corrected chi connectivity index (χ2v) is 14.2. The zero-order chi connectivity index (χ0) is 36.7. The number of hydrogen-bond acceptors (Lipinski definition) is 11. The highest BCUT2D eigenvalue weighted by molar-refractivity contribution is 5.97. The molecule has 0 unspecified atom stereocenters. The van der Waals surface area contributed by atoms with Gasteiger partial charge in [0.25, 0.3) is 5.91 Å². The van der Waals surface area contributed by atoms with Crippen LogP contribution < -0.4 is 10.2 Å². The van der Waals surface area contributed by atoms with Crippen molar-refractivity contribution >= 4 is 35.7 Å². The smallest absolute Gasteiger partial charge is 0.409 e. The number of benzene rings is 1. The lowest BCUT2D eigenvalue weighted by Gasteiger charge is -2.36. The minimum atomic E-state index is -1.06. The van der Waals surface area contributed by atoms with Crippen LogP contribution in [-0.2, 0) is 28.6 Å². The van der Waals surface area contributed by atoms with Crippen molar-refractivity contribution in [3.63, 3.8) is 0 Å². The van der Waals surface area contributed by atoms with Gasteiger partial charge in [0.2, 0.25) is 5.91 Å². The molecule has 3 heterocycles. The summed E-state index contributed by atoms with van der Waals surface area (Å²) in [4.78, 5) is 80.1. The van der Waals surface area contributed by atoms with Gasteiger partial charge < -0.3 is 34.2 Å². The summed E-state index contributed by atoms with van der Waals surface area (Å²) in [6.45, 7) is 12.0. The fraction of sp³-hybridized carbons (Fsp3) is 0.595. The van der Waals surface area contributed by atoms with Crippen LogP contribution in [0.4, 0.5) is 10.6 Å². The van der Waals surface area contributed by atoms with Gasteiger partial charge in [-0.2, -0.15) is 0 Å². The van der Waals surface area contributed by atoms with Crippen LogP contribution in [0.3, 0.4) is 0 Å². The molecule has 0 bridgehead atoms. The van der Waals surface area contributed by atoms with Gasteiger partial charge in [-0.15, -0.1) is 0 Å². The fourth-order valence-electron chi connectivity index (χ4n) is 6.60. The first-order valence-electron chi connectivity index (χ1n) is 18.0. The van der Waals surface area contributed by atoms with Crippen molar-refractivity contribution in [3.8, 4) is 11.4 Å². The second-order valence-electron chi connectivity index (χ2n) is 14.2. The van der Waals surface area contributed by atoms with Crippen molar-refractivity contribution in [1.82, 2.24) is 25.1 Å². The first-order chi connectivity index (χ1) is 24.4. The van der Waals surface area contributed by atoms with E-state index in [1.165, 1.54) is 0 Å². The summed E-state index contributed by atoms with van der Waals surface area (Å²) in [5, 5.41) is 2.85. The molecular formula is C37H50N6O8. The summed E-state index contributed by atoms with van der Waals surface area (Å²) in [6.07, 6.45) is 1.18. The number of carbonyl (C=O) groups is 5. The van der Waals surface area contributed by atoms with Crippen LogP contribution in [0.25, 0.3) is 11.4 Å². The predicted octanol–water partition coefficient (Wildman–Crippen LogP) is 3.69. The van der Waals surface area contributed by atoms with E-state index in [4.69, 9.17) is 19.2 Å². The second kappa shape index (κ2) is 16.5. The predicted molar refractivity (Wildman–Crippen MR) is 188 cm³/mol. The molecule has 1 N–H and O–H groups in total. The van der Waals surface area contributed by atoms with Gasteiger partial charge in [0.05, 0.1) is 19.1 Å². The topological polar surface area (TPSA) is 161 Å². The van der Waals surface area contributed by atoms with Crippen molar-refractivity contribution in [2.45, 2.75) is 71.9 Å². The molecule has 1 aliphatic carbocycles. The highest BCUT2D eigenvalue weighted by Crippen LogP contribution is 2.53. The van der Waals surface area contributed by atoms with E-state index in [2.05, 4.69) is 10.3 Å². The van der Waals surface area contributed by atoms with Crippen LogP contribution in [0, 0.1) is 17.8 Å². The van der Waals surface area contributed by atoms with Crippen LogP contribution in [0.1, 0.15) is 70.8 Å². The van der Waals surface area contributed by atoms with Crippen LogP contribution >= 0.6 is 0 Å². The summed E-state index contributed by atoms with van der Waals surface area (Å²) < 4.78 is 16.1. The number of rotatable bonds is 13. The molecule has 5 rings (SSSR count). The SMILES string of the molecule is CCCCOC(=O)N1CCN(C(=O)[C@H](CCC(=O)OC(C)(C)C)NC(=O)c2cc(N3C[C@@H]4[C@H](C3)[C@@H]4C(=O)OCC)nc(-c3ccccc3)n2)CC1. The fourth-order valence-corrected chi connectivity index (χ4v) is 6.60. The Morgan fingerprint density at radius 1 is 0.922 bits per heavy atom. The van der Waals surface area contributed by atoms with E-state index in [1.807, 2.05) is 42.2 Å². The van der Waals surface area contributed by atoms with Gasteiger partial charge in [-0.05, 0) is 52.4 Å². The van der Waals surface area contributed by atoms with Crippen molar-refractivity contribution in [2.75, 3.05) is 57.4 Å². The first-order valence-corrected chi connectivity index (χ1v) is 18.0. The summed E-state index contributed by atoms with van der Waals surface area (Å²) in [6, 6.07) is 9.84. The molecule has 3 amide bonds. The molecule has 1 saturated carbocycles. The summed E-state index contributed by atoms with van der Waals surface area (Å²) in [5.41, 5.74) is 0.0708. The van der Waals surface area contributed by atoms with E-state index in [0.717, 1.165) is 12.8 Å². The molecular weight excluding hydrogens is 656 g/mol. The molecule has 1 aromatic heterocycles. The molecule has 4 atom stereocenters. The maximum absolute atomic E-state index is 14.0. The Balaban J connectivity index is 1.33. The Bertz CT molecular complexity index is 1560. The maximum atomic E-state index is 14.0. The van der Waals surface area contributed by atoms with E-state index >= 15 is 0 Å². The molecule has 0 spiro atoms. The molecule has 14 heteroatoms. The number of piperidine rings is 1. The number of fused-ring (bicyclic) bond motifs is 1. The quantitative estimate of drug-likeness (QED) is 0.184. The number of hydrogen-bond donors (Lipinski definition) is 1. The average molecular weight is 707 g/mol. The molecule has 2 saturated heterocycles. The molecule has 3 fully saturated rings. The Kier molecular flexibility index (Phi) is 12.1. The molecule has 3 aliphatic rings. The number of anilines is 1. The highest BCUT2D eigenvalue weighted by atomic mass is 16.6. The van der Waals surface area contributed by atoms with E-state index in [0.29, 0.717) is 43.5 Å². The zero-order valence-electron chi connectivity index (χ0n) is 30.3. The number of ether oxygens (including phenoxy) is 3. The van der Waals surface area contributed by atoms with Gasteiger partial charge in [-0.25, -0.2) is 14.8 Å². The number of nitrogens with zero attached hydrogens (tertiary/aromatic N) is 5. The standard InChI is InChI=1S/C37H50N6O8/c1-6-8-20-50-36(48)42-18-16-41(17-19-42)34(46)27(14-15-30(44)51-37(3,4)5)39-33(45)28-21-29(40-32(38-28)24-12-10-9-11-13-24)43-22-25-26(23-43)31(25)35(47)49-7-2/h9-13,21,25-27,31H,6-8,14-20,22-23H2,1-5H3,(H,39,45)/t25-,26+,27-,31-/m0/s1. The summed E-state index contributed by atoms with van der Waals surface area (Å²) in [5.74, 6) is -0.534. The molecule has 14 nitrogen and oxygen atoms in total. The lowest BCUT2D eigenvalue weighted by Crippen LogP contribution is -2.56. The average Bonchev–Trinajstić information content (AvgIpc) is 3.62. The monoisotopic (exact) mass is 706 g/mol. The minimum absolute atomic E-state index is 0.00692. The number of esters is 2. The first kappa shape index (κ1) is 37.5. The molecule has 51 heavy (non-hydrogen) atoms. The third-order valence-electron chi connectivity index (χ3n) is 9.29. The Hall–Kier alpha value is -4.75. The number of unbranched alkanes of at least 4 members (excludes halogenated alkanes) is 1. The number of nitrogens with one attached hydrogen (secondary N) is 1. The molecule has 0 radical (unpaired) electrons. The maximum Gasteiger partial charge on any atom is 0.409 e. The van der Waals surface area contributed by atoms with Gasteiger partial charge in [0, 0.05) is 57.3 Å². The largest absolute Gasteiger partial charge is 0.466 e. The lowest BCUT2D eigenvalue weighted by atomic mass is 10.1. The van der Waals surface area contributed by atoms with Crippen LogP contribution in [0.2, 0.25) is 0 Å². The molecule has 1 aromatic carbocycles. The van der Waals surface area contributed by atoms with Gasteiger partial charge in [0.1, 0.15) is 23.2 Å². The third kappa shape index (κ3) is 9.73. The molecule has 2 aliphatic heterocycles. The number of piperazine rings is 1. The summed E-state index contributed by atoms with van der Waals surface area (Å²) in [7, 11) is 0. The van der Waals surface area contributed by atoms with E-state index in [9.17, 15) is 24.0 Å². The van der Waals surface area contributed by atoms with E-state index in [-0.39, 0.29) is 74.3 Å². The Morgan fingerprint density at radius 3 is 2.22 bits per heavy atom. The molecule has 276 valence electrons. The van der Waals surface area contributed by atoms with E-state index in [1.54, 1.807) is 43.6 Å². The van der Waals surface area contributed by atoms with Crippen molar-refractivity contribution in [3.05, 3.63) is 42.1 Å².